The van der Waals surface area contributed by atoms with Crippen molar-refractivity contribution in [3.8, 4) is 0 Å². The number of carbonyl (C=O) groups is 1. The normalized spacial score (nSPS) is 15.4. The van der Waals surface area contributed by atoms with E-state index in [1.54, 1.807) is 0 Å². The lowest BCUT2D eigenvalue weighted by Gasteiger charge is -2.26. The number of hydrogen-bond acceptors (Lipinski definition) is 4. The fraction of sp³-hybridized carbons (Fsp3) is 0.350. The van der Waals surface area contributed by atoms with Gasteiger partial charge in [0.05, 0.1) is 23.7 Å². The largest absolute Gasteiger partial charge is 0.379 e. The molecule has 28 heavy (non-hydrogen) atoms. The minimum atomic E-state index is -3.80. The number of amides is 1. The Balaban J connectivity index is 1.72. The van der Waals surface area contributed by atoms with Gasteiger partial charge in [0.25, 0.3) is 5.91 Å². The third kappa shape index (κ3) is 4.57. The number of aryl methyl sites for hydroxylation is 1. The molecule has 2 aromatic rings. The summed E-state index contributed by atoms with van der Waals surface area (Å²) < 4.78 is 46.1. The van der Waals surface area contributed by atoms with Crippen molar-refractivity contribution in [1.29, 1.82) is 0 Å². The number of nitrogens with zero attached hydrogens (tertiary/aromatic N) is 1. The molecule has 8 heteroatoms. The first kappa shape index (κ1) is 20.4. The van der Waals surface area contributed by atoms with Gasteiger partial charge in [-0.1, -0.05) is 24.3 Å². The van der Waals surface area contributed by atoms with E-state index in [-0.39, 0.29) is 23.5 Å². The molecule has 150 valence electrons. The van der Waals surface area contributed by atoms with Crippen LogP contribution < -0.4 is 5.32 Å². The first-order chi connectivity index (χ1) is 13.4. The van der Waals surface area contributed by atoms with Crippen LogP contribution in [-0.4, -0.2) is 51.5 Å². The van der Waals surface area contributed by atoms with Crippen molar-refractivity contribution in [2.24, 2.45) is 0 Å². The molecule has 1 N–H and O–H groups in total. The summed E-state index contributed by atoms with van der Waals surface area (Å²) in [6.45, 7) is 3.40. The molecule has 0 bridgehead atoms. The number of carbonyl (C=O) groups excluding carboxylic acids is 1. The van der Waals surface area contributed by atoms with Gasteiger partial charge in [0.1, 0.15) is 5.82 Å². The van der Waals surface area contributed by atoms with Crippen LogP contribution in [-0.2, 0) is 21.2 Å². The Bertz CT molecular complexity index is 956. The van der Waals surface area contributed by atoms with E-state index in [4.69, 9.17) is 4.74 Å². The van der Waals surface area contributed by atoms with Gasteiger partial charge in [-0.2, -0.15) is 4.31 Å². The van der Waals surface area contributed by atoms with Crippen molar-refractivity contribution in [2.45, 2.75) is 18.2 Å². The average Bonchev–Trinajstić information content (AvgIpc) is 2.70. The minimum absolute atomic E-state index is 0.0974. The molecule has 0 aliphatic carbocycles. The molecule has 0 spiro atoms. The monoisotopic (exact) mass is 406 g/mol. The second-order valence-corrected chi connectivity index (χ2v) is 8.53. The van der Waals surface area contributed by atoms with Crippen molar-refractivity contribution < 1.29 is 22.3 Å². The molecule has 0 atom stereocenters. The average molecular weight is 406 g/mol. The summed E-state index contributed by atoms with van der Waals surface area (Å²) in [6.07, 6.45) is 0.603. The summed E-state index contributed by atoms with van der Waals surface area (Å²) in [5, 5.41) is 2.67. The van der Waals surface area contributed by atoms with Gasteiger partial charge in [0.2, 0.25) is 10.0 Å². The number of hydrogen-bond donors (Lipinski definition) is 1. The maximum Gasteiger partial charge on any atom is 0.254 e. The molecule has 2 aromatic carbocycles. The van der Waals surface area contributed by atoms with Crippen LogP contribution in [0.4, 0.5) is 4.39 Å². The van der Waals surface area contributed by atoms with E-state index < -0.39 is 21.7 Å². The molecule has 0 unspecified atom stereocenters. The highest BCUT2D eigenvalue weighted by Crippen LogP contribution is 2.20. The van der Waals surface area contributed by atoms with Crippen LogP contribution in [0.3, 0.4) is 0 Å². The molecule has 3 rings (SSSR count). The highest BCUT2D eigenvalue weighted by molar-refractivity contribution is 7.89. The predicted molar refractivity (Wildman–Crippen MR) is 103 cm³/mol. The lowest BCUT2D eigenvalue weighted by molar-refractivity contribution is 0.0730. The number of benzene rings is 2. The Morgan fingerprint density at radius 3 is 2.61 bits per heavy atom. The third-order valence-electron chi connectivity index (χ3n) is 4.73. The van der Waals surface area contributed by atoms with Gasteiger partial charge in [-0.15, -0.1) is 0 Å². The number of ether oxygens (including phenoxy) is 1. The molecule has 1 aliphatic heterocycles. The molecule has 1 aliphatic rings. The van der Waals surface area contributed by atoms with Gasteiger partial charge in [0.15, 0.2) is 0 Å². The summed E-state index contributed by atoms with van der Waals surface area (Å²) in [7, 11) is -3.80. The highest BCUT2D eigenvalue weighted by Gasteiger charge is 2.27. The number of morpholine rings is 1. The van der Waals surface area contributed by atoms with Crippen molar-refractivity contribution in [3.63, 3.8) is 0 Å². The summed E-state index contributed by atoms with van der Waals surface area (Å²) in [4.78, 5) is 12.3. The van der Waals surface area contributed by atoms with Crippen LogP contribution >= 0.6 is 0 Å². The Morgan fingerprint density at radius 1 is 1.18 bits per heavy atom. The van der Waals surface area contributed by atoms with Crippen LogP contribution in [0.5, 0.6) is 0 Å². The predicted octanol–water partition coefficient (Wildman–Crippen LogP) is 2.13. The molecule has 0 radical (unpaired) electrons. The van der Waals surface area contributed by atoms with Gasteiger partial charge in [-0.25, -0.2) is 12.8 Å². The number of nitrogens with one attached hydrogen (secondary N) is 1. The van der Waals surface area contributed by atoms with Gasteiger partial charge in [-0.05, 0) is 42.7 Å². The van der Waals surface area contributed by atoms with E-state index >= 15 is 0 Å². The fourth-order valence-electron chi connectivity index (χ4n) is 3.07. The molecule has 1 heterocycles. The second-order valence-electron chi connectivity index (χ2n) is 6.59. The zero-order valence-corrected chi connectivity index (χ0v) is 16.5. The number of sulfonamides is 1. The quantitative estimate of drug-likeness (QED) is 0.798. The summed E-state index contributed by atoms with van der Waals surface area (Å²) in [5.74, 6) is -1.39. The van der Waals surface area contributed by atoms with Gasteiger partial charge < -0.3 is 10.1 Å². The van der Waals surface area contributed by atoms with E-state index in [0.29, 0.717) is 26.2 Å². The molecular weight excluding hydrogens is 383 g/mol. The lowest BCUT2D eigenvalue weighted by Crippen LogP contribution is -2.40. The molecular formula is C20H23FN2O4S. The van der Waals surface area contributed by atoms with Gasteiger partial charge in [-0.3, -0.25) is 4.79 Å². The summed E-state index contributed by atoms with van der Waals surface area (Å²) in [5.41, 5.74) is 1.92. The van der Waals surface area contributed by atoms with E-state index in [0.717, 1.165) is 23.3 Å². The fourth-order valence-corrected chi connectivity index (χ4v) is 4.51. The number of halogens is 1. The zero-order valence-electron chi connectivity index (χ0n) is 15.7. The lowest BCUT2D eigenvalue weighted by atomic mass is 10.1. The smallest absolute Gasteiger partial charge is 0.254 e. The topological polar surface area (TPSA) is 75.7 Å². The third-order valence-corrected chi connectivity index (χ3v) is 6.63. The Kier molecular flexibility index (Phi) is 6.43. The maximum absolute atomic E-state index is 14.2. The highest BCUT2D eigenvalue weighted by atomic mass is 32.2. The molecule has 1 amide bonds. The van der Waals surface area contributed by atoms with Gasteiger partial charge in [0, 0.05) is 19.6 Å². The van der Waals surface area contributed by atoms with E-state index in [9.17, 15) is 17.6 Å². The summed E-state index contributed by atoms with van der Waals surface area (Å²) in [6, 6.07) is 11.1. The van der Waals surface area contributed by atoms with Crippen LogP contribution in [0.1, 0.15) is 21.5 Å². The van der Waals surface area contributed by atoms with Crippen LogP contribution in [0.25, 0.3) is 0 Å². The zero-order chi connectivity index (χ0) is 20.1. The minimum Gasteiger partial charge on any atom is -0.379 e. The first-order valence-corrected chi connectivity index (χ1v) is 10.5. The SMILES string of the molecule is Cc1ccccc1CCNC(=O)c1cc(S(=O)(=O)N2CCOCC2)ccc1F. The summed E-state index contributed by atoms with van der Waals surface area (Å²) >= 11 is 0. The van der Waals surface area contributed by atoms with E-state index in [1.165, 1.54) is 10.4 Å². The molecule has 6 nitrogen and oxygen atoms in total. The Morgan fingerprint density at radius 2 is 1.89 bits per heavy atom. The number of rotatable bonds is 6. The van der Waals surface area contributed by atoms with Crippen molar-refractivity contribution in [1.82, 2.24) is 9.62 Å². The van der Waals surface area contributed by atoms with Gasteiger partial charge >= 0.3 is 0 Å². The standard InChI is InChI=1S/C20H23FN2O4S/c1-15-4-2-3-5-16(15)8-9-22-20(24)18-14-17(6-7-19(18)21)28(25,26)23-10-12-27-13-11-23/h2-7,14H,8-13H2,1H3,(H,22,24). The van der Waals surface area contributed by atoms with Crippen LogP contribution in [0.2, 0.25) is 0 Å². The molecule has 1 saturated heterocycles. The molecule has 0 aromatic heterocycles. The first-order valence-electron chi connectivity index (χ1n) is 9.10. The van der Waals surface area contributed by atoms with Crippen molar-refractivity contribution >= 4 is 15.9 Å². The van der Waals surface area contributed by atoms with E-state index in [1.807, 2.05) is 31.2 Å². The maximum atomic E-state index is 14.2. The Hall–Kier alpha value is -2.29. The Labute approximate surface area is 164 Å². The van der Waals surface area contributed by atoms with Crippen molar-refractivity contribution in [3.05, 3.63) is 65.0 Å². The van der Waals surface area contributed by atoms with E-state index in [2.05, 4.69) is 5.32 Å². The second kappa shape index (κ2) is 8.81. The molecule has 1 fully saturated rings. The molecule has 0 saturated carbocycles. The van der Waals surface area contributed by atoms with Crippen molar-refractivity contribution in [2.75, 3.05) is 32.8 Å². The van der Waals surface area contributed by atoms with Crippen LogP contribution in [0, 0.1) is 12.7 Å². The van der Waals surface area contributed by atoms with Crippen LogP contribution in [0.15, 0.2) is 47.4 Å².